The minimum absolute atomic E-state index is 0.151. The Morgan fingerprint density at radius 1 is 0.912 bits per heavy atom. The smallest absolute Gasteiger partial charge is 0.245 e. The van der Waals surface area contributed by atoms with Gasteiger partial charge in [0.1, 0.15) is 6.33 Å². The molecule has 3 aromatic heterocycles. The van der Waals surface area contributed by atoms with Gasteiger partial charge in [-0.05, 0) is 18.9 Å². The van der Waals surface area contributed by atoms with Crippen LogP contribution in [0.5, 0.6) is 11.8 Å². The minimum Gasteiger partial charge on any atom is -0.479 e. The highest BCUT2D eigenvalue weighted by molar-refractivity contribution is 8.01. The van der Waals surface area contributed by atoms with Crippen molar-refractivity contribution >= 4 is 17.9 Å². The van der Waals surface area contributed by atoms with Crippen LogP contribution in [0.1, 0.15) is 31.2 Å². The summed E-state index contributed by atoms with van der Waals surface area (Å²) in [6.07, 6.45) is 5.00. The van der Waals surface area contributed by atoms with E-state index in [9.17, 15) is 0 Å². The van der Waals surface area contributed by atoms with E-state index in [1.165, 1.54) is 18.3 Å². The lowest BCUT2D eigenvalue weighted by Crippen LogP contribution is -2.14. The Bertz CT molecular complexity index is 1210. The standard InChI is InChI=1S/C23H26N8O2S/c1-14-11-25-18(12-24-14)15(2)16(3)34-30-23-29-28-20(17-9-7-6-8-10-17)31(23)19-21(32-4)26-13-27-22(19)33-5/h6-13,15-16H,1-5H3,(H,29,30). The number of aryl methyl sites for hydroxylation is 1. The predicted molar refractivity (Wildman–Crippen MR) is 131 cm³/mol. The molecule has 0 bridgehead atoms. The summed E-state index contributed by atoms with van der Waals surface area (Å²) in [6, 6.07) is 9.75. The fourth-order valence-corrected chi connectivity index (χ4v) is 4.07. The quantitative estimate of drug-likeness (QED) is 0.353. The van der Waals surface area contributed by atoms with Crippen molar-refractivity contribution in [2.45, 2.75) is 31.9 Å². The Morgan fingerprint density at radius 3 is 2.24 bits per heavy atom. The molecule has 0 saturated carbocycles. The van der Waals surface area contributed by atoms with Gasteiger partial charge in [-0.2, -0.15) is 9.97 Å². The van der Waals surface area contributed by atoms with Crippen LogP contribution in [0.15, 0.2) is 49.1 Å². The summed E-state index contributed by atoms with van der Waals surface area (Å²) in [5, 5.41) is 9.03. The van der Waals surface area contributed by atoms with Crippen molar-refractivity contribution in [3.63, 3.8) is 0 Å². The number of hydrogen-bond acceptors (Lipinski definition) is 10. The molecule has 0 spiro atoms. The first-order valence-electron chi connectivity index (χ1n) is 10.7. The van der Waals surface area contributed by atoms with E-state index in [-0.39, 0.29) is 11.2 Å². The van der Waals surface area contributed by atoms with Crippen LogP contribution in [0.3, 0.4) is 0 Å². The molecule has 3 heterocycles. The van der Waals surface area contributed by atoms with E-state index in [0.29, 0.717) is 29.2 Å². The zero-order chi connectivity index (χ0) is 24.1. The lowest BCUT2D eigenvalue weighted by atomic mass is 10.1. The second kappa shape index (κ2) is 10.5. The van der Waals surface area contributed by atoms with Crippen molar-refractivity contribution in [2.24, 2.45) is 0 Å². The van der Waals surface area contributed by atoms with Crippen molar-refractivity contribution in [2.75, 3.05) is 18.9 Å². The van der Waals surface area contributed by atoms with Crippen molar-refractivity contribution in [1.82, 2.24) is 34.7 Å². The zero-order valence-corrected chi connectivity index (χ0v) is 20.4. The van der Waals surface area contributed by atoms with E-state index in [4.69, 9.17) is 9.47 Å². The highest BCUT2D eigenvalue weighted by atomic mass is 32.2. The van der Waals surface area contributed by atoms with Crippen LogP contribution in [0.4, 0.5) is 5.95 Å². The van der Waals surface area contributed by atoms with Gasteiger partial charge in [-0.25, -0.2) is 0 Å². The van der Waals surface area contributed by atoms with Gasteiger partial charge >= 0.3 is 0 Å². The van der Waals surface area contributed by atoms with E-state index in [1.54, 1.807) is 20.4 Å². The number of anilines is 1. The third-order valence-corrected chi connectivity index (χ3v) is 6.45. The first kappa shape index (κ1) is 23.4. The number of rotatable bonds is 9. The molecule has 0 radical (unpaired) electrons. The first-order valence-corrected chi connectivity index (χ1v) is 11.6. The maximum absolute atomic E-state index is 5.53. The topological polar surface area (TPSA) is 113 Å². The average molecular weight is 479 g/mol. The maximum atomic E-state index is 5.53. The molecule has 0 saturated heterocycles. The molecule has 2 atom stereocenters. The van der Waals surface area contributed by atoms with Gasteiger partial charge < -0.3 is 9.47 Å². The molecule has 4 rings (SSSR count). The van der Waals surface area contributed by atoms with Gasteiger partial charge in [0.15, 0.2) is 11.5 Å². The van der Waals surface area contributed by atoms with Crippen LogP contribution in [-0.4, -0.2) is 54.2 Å². The van der Waals surface area contributed by atoms with Crippen molar-refractivity contribution in [3.8, 4) is 28.8 Å². The monoisotopic (exact) mass is 478 g/mol. The Labute approximate surface area is 202 Å². The summed E-state index contributed by atoms with van der Waals surface area (Å²) in [4.78, 5) is 17.4. The normalized spacial score (nSPS) is 12.7. The van der Waals surface area contributed by atoms with Crippen LogP contribution in [-0.2, 0) is 0 Å². The van der Waals surface area contributed by atoms with Crippen LogP contribution >= 0.6 is 11.9 Å². The van der Waals surface area contributed by atoms with E-state index in [0.717, 1.165) is 17.0 Å². The fraction of sp³-hybridized carbons (Fsp3) is 0.304. The SMILES string of the molecule is COc1ncnc(OC)c1-n1c(NSC(C)C(C)c2cnc(C)cn2)nnc1-c1ccccc1. The zero-order valence-electron chi connectivity index (χ0n) is 19.6. The molecule has 0 fully saturated rings. The number of ether oxygens (including phenoxy) is 2. The number of nitrogens with zero attached hydrogens (tertiary/aromatic N) is 7. The maximum Gasteiger partial charge on any atom is 0.245 e. The molecule has 0 aliphatic heterocycles. The second-order valence-corrected chi connectivity index (χ2v) is 8.77. The lowest BCUT2D eigenvalue weighted by molar-refractivity contribution is 0.368. The summed E-state index contributed by atoms with van der Waals surface area (Å²) in [7, 11) is 3.10. The molecule has 11 heteroatoms. The number of aromatic nitrogens is 7. The van der Waals surface area contributed by atoms with Crippen LogP contribution < -0.4 is 14.2 Å². The number of benzene rings is 1. The molecular formula is C23H26N8O2S. The molecule has 4 aromatic rings. The van der Waals surface area contributed by atoms with Gasteiger partial charge in [0, 0.05) is 29.1 Å². The molecular weight excluding hydrogens is 452 g/mol. The van der Waals surface area contributed by atoms with Gasteiger partial charge in [0.2, 0.25) is 17.7 Å². The third-order valence-electron chi connectivity index (χ3n) is 5.37. The predicted octanol–water partition coefficient (Wildman–Crippen LogP) is 4.09. The average Bonchev–Trinajstić information content (AvgIpc) is 3.30. The Morgan fingerprint density at radius 2 is 1.62 bits per heavy atom. The van der Waals surface area contributed by atoms with Gasteiger partial charge in [-0.1, -0.05) is 44.2 Å². The molecule has 10 nitrogen and oxygen atoms in total. The Hall–Kier alpha value is -3.73. The number of hydrogen-bond donors (Lipinski definition) is 1. The van der Waals surface area contributed by atoms with Crippen molar-refractivity contribution in [1.29, 1.82) is 0 Å². The molecule has 2 unspecified atom stereocenters. The third kappa shape index (κ3) is 4.79. The molecule has 1 aromatic carbocycles. The van der Waals surface area contributed by atoms with Gasteiger partial charge in [0.05, 0.1) is 25.6 Å². The molecule has 176 valence electrons. The van der Waals surface area contributed by atoms with E-state index in [2.05, 4.69) is 48.7 Å². The van der Waals surface area contributed by atoms with Crippen LogP contribution in [0, 0.1) is 6.92 Å². The molecule has 0 aliphatic carbocycles. The Kier molecular flexibility index (Phi) is 7.21. The summed E-state index contributed by atoms with van der Waals surface area (Å²) in [6.45, 7) is 6.17. The second-order valence-electron chi connectivity index (χ2n) is 7.59. The summed E-state index contributed by atoms with van der Waals surface area (Å²) < 4.78 is 16.2. The highest BCUT2D eigenvalue weighted by Crippen LogP contribution is 2.36. The fourth-order valence-electron chi connectivity index (χ4n) is 3.30. The van der Waals surface area contributed by atoms with Crippen LogP contribution in [0.25, 0.3) is 17.1 Å². The summed E-state index contributed by atoms with van der Waals surface area (Å²) in [5.41, 5.74) is 3.20. The van der Waals surface area contributed by atoms with Crippen molar-refractivity contribution < 1.29 is 9.47 Å². The van der Waals surface area contributed by atoms with Crippen LogP contribution in [0.2, 0.25) is 0 Å². The first-order chi connectivity index (χ1) is 16.5. The van der Waals surface area contributed by atoms with Crippen molar-refractivity contribution in [3.05, 3.63) is 60.4 Å². The molecule has 0 aliphatic rings. The molecule has 34 heavy (non-hydrogen) atoms. The van der Waals surface area contributed by atoms with Gasteiger partial charge in [-0.3, -0.25) is 19.3 Å². The van der Waals surface area contributed by atoms with E-state index < -0.39 is 0 Å². The molecule has 1 N–H and O–H groups in total. The number of methoxy groups -OCH3 is 2. The largest absolute Gasteiger partial charge is 0.479 e. The van der Waals surface area contributed by atoms with Gasteiger partial charge in [0.25, 0.3) is 0 Å². The minimum atomic E-state index is 0.151. The lowest BCUT2D eigenvalue weighted by Gasteiger charge is -2.20. The van der Waals surface area contributed by atoms with E-state index in [1.807, 2.05) is 48.0 Å². The summed E-state index contributed by atoms with van der Waals surface area (Å²) in [5.74, 6) is 1.92. The van der Waals surface area contributed by atoms with E-state index >= 15 is 0 Å². The van der Waals surface area contributed by atoms with Gasteiger partial charge in [-0.15, -0.1) is 10.2 Å². The Balaban J connectivity index is 1.70. The number of nitrogens with one attached hydrogen (secondary N) is 1. The molecule has 0 amide bonds. The summed E-state index contributed by atoms with van der Waals surface area (Å²) >= 11 is 1.52. The highest BCUT2D eigenvalue weighted by Gasteiger charge is 2.25.